The minimum absolute atomic E-state index is 0.242. The van der Waals surface area contributed by atoms with E-state index in [4.69, 9.17) is 5.73 Å². The molecular formula is C15H17N3OS. The van der Waals surface area contributed by atoms with Crippen molar-refractivity contribution in [3.63, 3.8) is 0 Å². The van der Waals surface area contributed by atoms with E-state index in [1.807, 2.05) is 13.8 Å². The molecule has 2 rings (SSSR count). The number of carbonyl (C=O) groups excluding carboxylic acids is 1. The smallest absolute Gasteiger partial charge is 0.271 e. The summed E-state index contributed by atoms with van der Waals surface area (Å²) in [5.41, 5.74) is 11.2. The average Bonchev–Trinajstić information content (AvgIpc) is 2.75. The van der Waals surface area contributed by atoms with Crippen molar-refractivity contribution >= 4 is 28.6 Å². The van der Waals surface area contributed by atoms with Gasteiger partial charge in [0, 0.05) is 26.6 Å². The third kappa shape index (κ3) is 3.24. The van der Waals surface area contributed by atoms with Gasteiger partial charge in [-0.15, -0.1) is 11.3 Å². The molecule has 0 unspecified atom stereocenters. The molecule has 0 bridgehead atoms. The molecule has 2 aromatic rings. The van der Waals surface area contributed by atoms with Crippen molar-refractivity contribution in [3.05, 3.63) is 51.2 Å². The standard InChI is InChI=1S/C15H17N3OS/c1-9-8-14(11(3)20-9)10(2)17-18-15(19)12-4-6-13(16)7-5-12/h4-8H,16H2,1-3H3,(H,18,19)/b17-10-. The van der Waals surface area contributed by atoms with Gasteiger partial charge in [-0.2, -0.15) is 5.10 Å². The van der Waals surface area contributed by atoms with Crippen LogP contribution in [0, 0.1) is 13.8 Å². The van der Waals surface area contributed by atoms with E-state index in [-0.39, 0.29) is 5.91 Å². The highest BCUT2D eigenvalue weighted by molar-refractivity contribution is 7.12. The molecule has 0 saturated carbocycles. The lowest BCUT2D eigenvalue weighted by Crippen LogP contribution is -2.19. The molecule has 1 aromatic heterocycles. The van der Waals surface area contributed by atoms with Crippen LogP contribution in [-0.4, -0.2) is 11.6 Å². The van der Waals surface area contributed by atoms with Gasteiger partial charge in [-0.05, 0) is 51.1 Å². The Balaban J connectivity index is 2.10. The molecule has 1 heterocycles. The molecule has 0 aliphatic heterocycles. The number of nitrogens with zero attached hydrogens (tertiary/aromatic N) is 1. The number of aryl methyl sites for hydroxylation is 2. The first kappa shape index (κ1) is 14.3. The van der Waals surface area contributed by atoms with Crippen molar-refractivity contribution in [1.29, 1.82) is 0 Å². The van der Waals surface area contributed by atoms with Gasteiger partial charge in [0.05, 0.1) is 5.71 Å². The zero-order valence-corrected chi connectivity index (χ0v) is 12.5. The van der Waals surface area contributed by atoms with E-state index in [9.17, 15) is 4.79 Å². The minimum Gasteiger partial charge on any atom is -0.399 e. The SMILES string of the molecule is C/C(=N/NC(=O)c1ccc(N)cc1)c1cc(C)sc1C. The number of nitrogen functional groups attached to an aromatic ring is 1. The maximum Gasteiger partial charge on any atom is 0.271 e. The second-order valence-corrected chi connectivity index (χ2v) is 6.05. The molecular weight excluding hydrogens is 270 g/mol. The summed E-state index contributed by atoms with van der Waals surface area (Å²) in [6.45, 7) is 5.99. The van der Waals surface area contributed by atoms with E-state index in [0.717, 1.165) is 11.3 Å². The first-order chi connectivity index (χ1) is 9.47. The van der Waals surface area contributed by atoms with E-state index in [1.165, 1.54) is 9.75 Å². The van der Waals surface area contributed by atoms with Crippen LogP contribution in [0.25, 0.3) is 0 Å². The number of nitrogens with one attached hydrogen (secondary N) is 1. The Morgan fingerprint density at radius 3 is 2.45 bits per heavy atom. The molecule has 0 atom stereocenters. The van der Waals surface area contributed by atoms with Crippen LogP contribution in [0.1, 0.15) is 32.6 Å². The largest absolute Gasteiger partial charge is 0.399 e. The van der Waals surface area contributed by atoms with Crippen molar-refractivity contribution < 1.29 is 4.79 Å². The molecule has 4 nitrogen and oxygen atoms in total. The van der Waals surface area contributed by atoms with Crippen LogP contribution >= 0.6 is 11.3 Å². The molecule has 0 aliphatic rings. The summed E-state index contributed by atoms with van der Waals surface area (Å²) in [5.74, 6) is -0.242. The molecule has 20 heavy (non-hydrogen) atoms. The van der Waals surface area contributed by atoms with E-state index < -0.39 is 0 Å². The van der Waals surface area contributed by atoms with E-state index in [2.05, 4.69) is 23.5 Å². The summed E-state index contributed by atoms with van der Waals surface area (Å²) in [5, 5.41) is 4.16. The summed E-state index contributed by atoms with van der Waals surface area (Å²) >= 11 is 1.72. The Hall–Kier alpha value is -2.14. The molecule has 0 saturated heterocycles. The van der Waals surface area contributed by atoms with Gasteiger partial charge in [0.15, 0.2) is 0 Å². The number of benzene rings is 1. The van der Waals surface area contributed by atoms with Crippen LogP contribution in [0.4, 0.5) is 5.69 Å². The Labute approximate surface area is 122 Å². The third-order valence-corrected chi connectivity index (χ3v) is 3.89. The summed E-state index contributed by atoms with van der Waals surface area (Å²) in [4.78, 5) is 14.4. The van der Waals surface area contributed by atoms with Crippen LogP contribution in [0.5, 0.6) is 0 Å². The maximum atomic E-state index is 11.9. The number of nitrogens with two attached hydrogens (primary N) is 1. The van der Waals surface area contributed by atoms with Crippen molar-refractivity contribution in [1.82, 2.24) is 5.43 Å². The van der Waals surface area contributed by atoms with Crippen LogP contribution in [-0.2, 0) is 0 Å². The first-order valence-corrected chi connectivity index (χ1v) is 7.06. The van der Waals surface area contributed by atoms with Crippen molar-refractivity contribution in [2.45, 2.75) is 20.8 Å². The Morgan fingerprint density at radius 1 is 1.25 bits per heavy atom. The molecule has 0 fully saturated rings. The van der Waals surface area contributed by atoms with Crippen LogP contribution in [0.3, 0.4) is 0 Å². The van der Waals surface area contributed by atoms with Gasteiger partial charge in [-0.25, -0.2) is 5.43 Å². The lowest BCUT2D eigenvalue weighted by Gasteiger charge is -2.03. The second-order valence-electron chi connectivity index (χ2n) is 4.59. The van der Waals surface area contributed by atoms with Crippen LogP contribution in [0.15, 0.2) is 35.4 Å². The average molecular weight is 287 g/mol. The first-order valence-electron chi connectivity index (χ1n) is 6.25. The molecule has 0 radical (unpaired) electrons. The topological polar surface area (TPSA) is 67.5 Å². The molecule has 3 N–H and O–H groups in total. The number of hydrazone groups is 1. The predicted octanol–water partition coefficient (Wildman–Crippen LogP) is 3.10. The minimum atomic E-state index is -0.242. The number of thiophene rings is 1. The summed E-state index contributed by atoms with van der Waals surface area (Å²) in [7, 11) is 0. The van der Waals surface area contributed by atoms with Gasteiger partial charge in [0.2, 0.25) is 0 Å². The summed E-state index contributed by atoms with van der Waals surface area (Å²) in [6.07, 6.45) is 0. The molecule has 104 valence electrons. The fourth-order valence-electron chi connectivity index (χ4n) is 1.88. The zero-order valence-electron chi connectivity index (χ0n) is 11.7. The number of amides is 1. The normalized spacial score (nSPS) is 11.4. The number of anilines is 1. The lowest BCUT2D eigenvalue weighted by atomic mass is 10.2. The highest BCUT2D eigenvalue weighted by Gasteiger charge is 2.08. The van der Waals surface area contributed by atoms with Gasteiger partial charge < -0.3 is 5.73 Å². The number of hydrogen-bond acceptors (Lipinski definition) is 4. The second kappa shape index (κ2) is 5.88. The van der Waals surface area contributed by atoms with Gasteiger partial charge in [-0.3, -0.25) is 4.79 Å². The number of hydrogen-bond donors (Lipinski definition) is 2. The number of rotatable bonds is 3. The van der Waals surface area contributed by atoms with Crippen molar-refractivity contribution in [2.75, 3.05) is 5.73 Å². The van der Waals surface area contributed by atoms with Crippen LogP contribution in [0.2, 0.25) is 0 Å². The molecule has 0 spiro atoms. The highest BCUT2D eigenvalue weighted by Crippen LogP contribution is 2.21. The van der Waals surface area contributed by atoms with Gasteiger partial charge >= 0.3 is 0 Å². The summed E-state index contributed by atoms with van der Waals surface area (Å²) in [6, 6.07) is 8.81. The van der Waals surface area contributed by atoms with Crippen molar-refractivity contribution in [3.8, 4) is 0 Å². The Morgan fingerprint density at radius 2 is 1.90 bits per heavy atom. The molecule has 5 heteroatoms. The van der Waals surface area contributed by atoms with E-state index in [1.54, 1.807) is 35.6 Å². The lowest BCUT2D eigenvalue weighted by molar-refractivity contribution is 0.0955. The third-order valence-electron chi connectivity index (χ3n) is 2.93. The monoisotopic (exact) mass is 287 g/mol. The van der Waals surface area contributed by atoms with Crippen LogP contribution < -0.4 is 11.2 Å². The molecule has 0 aliphatic carbocycles. The zero-order chi connectivity index (χ0) is 14.7. The van der Waals surface area contributed by atoms with Gasteiger partial charge in [0.25, 0.3) is 5.91 Å². The molecule has 1 amide bonds. The van der Waals surface area contributed by atoms with Gasteiger partial charge in [0.1, 0.15) is 0 Å². The Kier molecular flexibility index (Phi) is 4.20. The predicted molar refractivity (Wildman–Crippen MR) is 84.3 cm³/mol. The maximum absolute atomic E-state index is 11.9. The van der Waals surface area contributed by atoms with E-state index in [0.29, 0.717) is 11.3 Å². The highest BCUT2D eigenvalue weighted by atomic mass is 32.1. The quantitative estimate of drug-likeness (QED) is 0.517. The fourth-order valence-corrected chi connectivity index (χ4v) is 2.86. The van der Waals surface area contributed by atoms with E-state index >= 15 is 0 Å². The van der Waals surface area contributed by atoms with Gasteiger partial charge in [-0.1, -0.05) is 0 Å². The summed E-state index contributed by atoms with van der Waals surface area (Å²) < 4.78 is 0. The number of carbonyl (C=O) groups is 1. The van der Waals surface area contributed by atoms with Crippen molar-refractivity contribution in [2.24, 2.45) is 5.10 Å². The fraction of sp³-hybridized carbons (Fsp3) is 0.200. The molecule has 1 aromatic carbocycles. The Bertz CT molecular complexity index is 656.